The van der Waals surface area contributed by atoms with Crippen molar-refractivity contribution in [3.8, 4) is 0 Å². The number of hydrogen-bond donors (Lipinski definition) is 4. The second kappa shape index (κ2) is 8.47. The predicted octanol–water partition coefficient (Wildman–Crippen LogP) is -0.687. The van der Waals surface area contributed by atoms with Crippen molar-refractivity contribution in [2.45, 2.75) is 33.2 Å². The van der Waals surface area contributed by atoms with Crippen LogP contribution in [0.2, 0.25) is 0 Å². The van der Waals surface area contributed by atoms with Gasteiger partial charge in [-0.1, -0.05) is 20.8 Å². The van der Waals surface area contributed by atoms with Crippen molar-refractivity contribution in [1.82, 2.24) is 10.6 Å². The fourth-order valence-electron chi connectivity index (χ4n) is 1.20. The number of carbonyl (C=O) groups is 3. The van der Waals surface area contributed by atoms with Gasteiger partial charge in [-0.3, -0.25) is 14.4 Å². The summed E-state index contributed by atoms with van der Waals surface area (Å²) in [4.78, 5) is 33.4. The highest BCUT2D eigenvalue weighted by Gasteiger charge is 2.17. The van der Waals surface area contributed by atoms with E-state index in [9.17, 15) is 14.4 Å². The lowest BCUT2D eigenvalue weighted by molar-refractivity contribution is -0.141. The van der Waals surface area contributed by atoms with Gasteiger partial charge in [0.25, 0.3) is 0 Å². The van der Waals surface area contributed by atoms with Crippen molar-refractivity contribution >= 4 is 17.8 Å². The van der Waals surface area contributed by atoms with E-state index in [2.05, 4.69) is 10.6 Å². The van der Waals surface area contributed by atoms with Crippen LogP contribution in [0.5, 0.6) is 0 Å². The van der Waals surface area contributed by atoms with Crippen LogP contribution in [0, 0.1) is 11.8 Å². The minimum atomic E-state index is -0.898. The van der Waals surface area contributed by atoms with E-state index in [-0.39, 0.29) is 30.8 Å². The zero-order valence-electron chi connectivity index (χ0n) is 11.6. The summed E-state index contributed by atoms with van der Waals surface area (Å²) in [6.45, 7) is 5.31. The van der Waals surface area contributed by atoms with Crippen LogP contribution < -0.4 is 16.4 Å². The molecule has 0 aliphatic heterocycles. The molecule has 2 atom stereocenters. The topological polar surface area (TPSA) is 122 Å². The molecule has 2 amide bonds. The molecular formula is C12H23N3O4. The van der Waals surface area contributed by atoms with Crippen LogP contribution in [0.1, 0.15) is 27.2 Å². The van der Waals surface area contributed by atoms with E-state index in [1.807, 2.05) is 13.8 Å². The molecule has 0 aromatic carbocycles. The molecule has 110 valence electrons. The van der Waals surface area contributed by atoms with E-state index < -0.39 is 17.9 Å². The van der Waals surface area contributed by atoms with Crippen LogP contribution in [0.25, 0.3) is 0 Å². The molecule has 0 saturated heterocycles. The van der Waals surface area contributed by atoms with Gasteiger partial charge in [-0.2, -0.15) is 0 Å². The first-order chi connectivity index (χ1) is 8.75. The van der Waals surface area contributed by atoms with Crippen molar-refractivity contribution in [1.29, 1.82) is 0 Å². The van der Waals surface area contributed by atoms with E-state index in [0.29, 0.717) is 6.42 Å². The van der Waals surface area contributed by atoms with Crippen LogP contribution >= 0.6 is 0 Å². The number of amides is 2. The predicted molar refractivity (Wildman–Crippen MR) is 70.2 cm³/mol. The maximum absolute atomic E-state index is 11.5. The van der Waals surface area contributed by atoms with Crippen LogP contribution in [-0.2, 0) is 14.4 Å². The van der Waals surface area contributed by atoms with Crippen molar-refractivity contribution in [3.63, 3.8) is 0 Å². The van der Waals surface area contributed by atoms with Crippen LogP contribution in [0.4, 0.5) is 0 Å². The Kier molecular flexibility index (Phi) is 7.74. The van der Waals surface area contributed by atoms with Gasteiger partial charge in [-0.15, -0.1) is 0 Å². The maximum Gasteiger partial charge on any atom is 0.306 e. The van der Waals surface area contributed by atoms with E-state index in [1.54, 1.807) is 6.92 Å². The summed E-state index contributed by atoms with van der Waals surface area (Å²) in [6, 6.07) is -0.639. The molecule has 0 fully saturated rings. The first kappa shape index (κ1) is 17.4. The molecule has 7 heteroatoms. The Morgan fingerprint density at radius 2 is 1.74 bits per heavy atom. The van der Waals surface area contributed by atoms with E-state index in [4.69, 9.17) is 10.8 Å². The molecule has 5 N–H and O–H groups in total. The number of nitrogens with one attached hydrogen (secondary N) is 2. The highest BCUT2D eigenvalue weighted by molar-refractivity contribution is 5.87. The Labute approximate surface area is 112 Å². The van der Waals surface area contributed by atoms with Crippen molar-refractivity contribution in [3.05, 3.63) is 0 Å². The first-order valence-corrected chi connectivity index (χ1v) is 6.28. The molecule has 7 nitrogen and oxygen atoms in total. The number of rotatable bonds is 8. The van der Waals surface area contributed by atoms with Crippen molar-refractivity contribution in [2.75, 3.05) is 13.1 Å². The molecular weight excluding hydrogens is 250 g/mol. The average molecular weight is 273 g/mol. The standard InChI is InChI=1S/C12H23N3O4/c1-7(2)10(13)11(17)15-6-9(16)14-5-4-8(3)12(18)19/h7-8,10H,4-6,13H2,1-3H3,(H,14,16)(H,15,17)(H,18,19)/t8?,10-/m0/s1. The third-order valence-corrected chi connectivity index (χ3v) is 2.77. The normalized spacial score (nSPS) is 13.7. The van der Waals surface area contributed by atoms with Crippen molar-refractivity contribution < 1.29 is 19.5 Å². The maximum atomic E-state index is 11.5. The lowest BCUT2D eigenvalue weighted by Gasteiger charge is -2.15. The monoisotopic (exact) mass is 273 g/mol. The summed E-state index contributed by atoms with van der Waals surface area (Å²) in [5, 5.41) is 13.6. The molecule has 0 aliphatic rings. The van der Waals surface area contributed by atoms with Gasteiger partial charge in [0.2, 0.25) is 11.8 Å². The molecule has 0 saturated carbocycles. The molecule has 0 bridgehead atoms. The number of aliphatic carboxylic acids is 1. The molecule has 0 aromatic heterocycles. The summed E-state index contributed by atoms with van der Waals surface area (Å²) in [6.07, 6.45) is 0.348. The molecule has 1 unspecified atom stereocenters. The van der Waals surface area contributed by atoms with Crippen LogP contribution in [0.3, 0.4) is 0 Å². The zero-order chi connectivity index (χ0) is 15.0. The second-order valence-corrected chi connectivity index (χ2v) is 4.87. The Hall–Kier alpha value is -1.63. The fraction of sp³-hybridized carbons (Fsp3) is 0.750. The third kappa shape index (κ3) is 7.40. The largest absolute Gasteiger partial charge is 0.481 e. The second-order valence-electron chi connectivity index (χ2n) is 4.87. The van der Waals surface area contributed by atoms with Gasteiger partial charge in [0, 0.05) is 6.54 Å². The summed E-state index contributed by atoms with van der Waals surface area (Å²) >= 11 is 0. The van der Waals surface area contributed by atoms with E-state index in [0.717, 1.165) is 0 Å². The lowest BCUT2D eigenvalue weighted by Crippen LogP contribution is -2.47. The molecule has 0 spiro atoms. The number of hydrogen-bond acceptors (Lipinski definition) is 4. The Balaban J connectivity index is 3.82. The smallest absolute Gasteiger partial charge is 0.306 e. The SMILES string of the molecule is CC(CCNC(=O)CNC(=O)[C@@H](N)C(C)C)C(=O)O. The molecule has 19 heavy (non-hydrogen) atoms. The quantitative estimate of drug-likeness (QED) is 0.466. The summed E-state index contributed by atoms with van der Waals surface area (Å²) < 4.78 is 0. The van der Waals surface area contributed by atoms with Gasteiger partial charge < -0.3 is 21.5 Å². The third-order valence-electron chi connectivity index (χ3n) is 2.77. The minimum absolute atomic E-state index is 0.000484. The number of nitrogens with two attached hydrogens (primary N) is 1. The average Bonchev–Trinajstić information content (AvgIpc) is 2.34. The van der Waals surface area contributed by atoms with Gasteiger partial charge >= 0.3 is 5.97 Å². The highest BCUT2D eigenvalue weighted by atomic mass is 16.4. The molecule has 0 rings (SSSR count). The molecule has 0 aliphatic carbocycles. The number of carboxylic acid groups (broad SMARTS) is 1. The van der Waals surface area contributed by atoms with Crippen LogP contribution in [-0.4, -0.2) is 42.0 Å². The van der Waals surface area contributed by atoms with Gasteiger partial charge in [0.15, 0.2) is 0 Å². The van der Waals surface area contributed by atoms with Gasteiger partial charge in [-0.05, 0) is 12.3 Å². The highest BCUT2D eigenvalue weighted by Crippen LogP contribution is 1.99. The molecule has 0 heterocycles. The number of carbonyl (C=O) groups excluding carboxylic acids is 2. The molecule has 0 radical (unpaired) electrons. The van der Waals surface area contributed by atoms with Crippen molar-refractivity contribution in [2.24, 2.45) is 17.6 Å². The minimum Gasteiger partial charge on any atom is -0.481 e. The molecule has 0 aromatic rings. The Bertz CT molecular complexity index is 331. The van der Waals surface area contributed by atoms with Crippen LogP contribution in [0.15, 0.2) is 0 Å². The Morgan fingerprint density at radius 3 is 2.21 bits per heavy atom. The summed E-state index contributed by atoms with van der Waals surface area (Å²) in [5.74, 6) is -2.14. The summed E-state index contributed by atoms with van der Waals surface area (Å²) in [5.41, 5.74) is 5.61. The van der Waals surface area contributed by atoms with Gasteiger partial charge in [0.05, 0.1) is 18.5 Å². The summed E-state index contributed by atoms with van der Waals surface area (Å²) in [7, 11) is 0. The Morgan fingerprint density at radius 1 is 1.16 bits per heavy atom. The first-order valence-electron chi connectivity index (χ1n) is 6.28. The zero-order valence-corrected chi connectivity index (χ0v) is 11.6. The van der Waals surface area contributed by atoms with Gasteiger partial charge in [0.1, 0.15) is 0 Å². The fourth-order valence-corrected chi connectivity index (χ4v) is 1.20. The lowest BCUT2D eigenvalue weighted by atomic mass is 10.1. The van der Waals surface area contributed by atoms with E-state index >= 15 is 0 Å². The van der Waals surface area contributed by atoms with E-state index in [1.165, 1.54) is 0 Å². The number of carboxylic acids is 1. The van der Waals surface area contributed by atoms with Gasteiger partial charge in [-0.25, -0.2) is 0 Å².